The van der Waals surface area contributed by atoms with Crippen molar-refractivity contribution in [3.05, 3.63) is 47.1 Å². The van der Waals surface area contributed by atoms with E-state index in [1.54, 1.807) is 6.92 Å². The molecule has 0 aliphatic heterocycles. The molecule has 5 nitrogen and oxygen atoms in total. The molecule has 0 atom stereocenters. The van der Waals surface area contributed by atoms with Gasteiger partial charge in [-0.1, -0.05) is 11.8 Å². The van der Waals surface area contributed by atoms with Gasteiger partial charge in [-0.15, -0.1) is 0 Å². The van der Waals surface area contributed by atoms with Crippen molar-refractivity contribution in [2.45, 2.75) is 13.3 Å². The van der Waals surface area contributed by atoms with Crippen molar-refractivity contribution in [3.63, 3.8) is 0 Å². The van der Waals surface area contributed by atoms with E-state index in [1.807, 2.05) is 0 Å². The molecule has 108 valence electrons. The van der Waals surface area contributed by atoms with Crippen molar-refractivity contribution in [3.8, 4) is 11.8 Å². The summed E-state index contributed by atoms with van der Waals surface area (Å²) in [5.74, 6) is 4.31. The van der Waals surface area contributed by atoms with E-state index < -0.39 is 11.7 Å². The number of rotatable bonds is 3. The zero-order valence-corrected chi connectivity index (χ0v) is 11.3. The molecule has 0 saturated carbocycles. The van der Waals surface area contributed by atoms with Crippen LogP contribution in [0.1, 0.15) is 28.0 Å². The predicted octanol–water partition coefficient (Wildman–Crippen LogP) is 2.11. The second-order valence-electron chi connectivity index (χ2n) is 4.21. The van der Waals surface area contributed by atoms with Crippen LogP contribution < -0.4 is 5.32 Å². The number of nitrogens with zero attached hydrogens (tertiary/aromatic N) is 1. The van der Waals surface area contributed by atoms with E-state index in [2.05, 4.69) is 22.1 Å². The molecule has 1 aromatic carbocycles. The van der Waals surface area contributed by atoms with Crippen LogP contribution >= 0.6 is 0 Å². The second-order valence-corrected chi connectivity index (χ2v) is 4.21. The van der Waals surface area contributed by atoms with Crippen LogP contribution in [0.3, 0.4) is 0 Å². The summed E-state index contributed by atoms with van der Waals surface area (Å²) in [5.41, 5.74) is 1.06. The van der Waals surface area contributed by atoms with Crippen LogP contribution in [0.5, 0.6) is 0 Å². The lowest BCUT2D eigenvalue weighted by molar-refractivity contribution is 0.102. The number of aliphatic hydroxyl groups is 1. The number of anilines is 1. The van der Waals surface area contributed by atoms with E-state index in [0.717, 1.165) is 6.07 Å². The minimum absolute atomic E-state index is 0.0380. The molecule has 0 aliphatic rings. The Hall–Kier alpha value is -2.65. The zero-order valence-electron chi connectivity index (χ0n) is 11.3. The van der Waals surface area contributed by atoms with Crippen LogP contribution in [0.2, 0.25) is 0 Å². The van der Waals surface area contributed by atoms with Crippen LogP contribution in [-0.4, -0.2) is 22.6 Å². The van der Waals surface area contributed by atoms with Gasteiger partial charge in [-0.2, -0.15) is 4.98 Å². The van der Waals surface area contributed by atoms with Gasteiger partial charge in [-0.05, 0) is 25.1 Å². The molecule has 0 aliphatic carbocycles. The molecule has 0 radical (unpaired) electrons. The third-order valence-electron chi connectivity index (χ3n) is 2.53. The van der Waals surface area contributed by atoms with Crippen LogP contribution in [0.15, 0.2) is 28.9 Å². The van der Waals surface area contributed by atoms with Gasteiger partial charge in [0.15, 0.2) is 0 Å². The summed E-state index contributed by atoms with van der Waals surface area (Å²) in [4.78, 5) is 16.1. The number of aromatic nitrogens is 1. The van der Waals surface area contributed by atoms with E-state index >= 15 is 0 Å². The molecule has 21 heavy (non-hydrogen) atoms. The largest absolute Gasteiger partial charge is 0.432 e. The van der Waals surface area contributed by atoms with Gasteiger partial charge in [0.2, 0.25) is 0 Å². The van der Waals surface area contributed by atoms with E-state index in [1.165, 1.54) is 18.4 Å². The second kappa shape index (κ2) is 6.68. The van der Waals surface area contributed by atoms with Gasteiger partial charge in [0, 0.05) is 12.0 Å². The van der Waals surface area contributed by atoms with Gasteiger partial charge in [0.25, 0.3) is 5.91 Å². The monoisotopic (exact) mass is 288 g/mol. The summed E-state index contributed by atoms with van der Waals surface area (Å²) < 4.78 is 18.4. The molecule has 0 fully saturated rings. The highest BCUT2D eigenvalue weighted by atomic mass is 19.1. The van der Waals surface area contributed by atoms with E-state index in [-0.39, 0.29) is 24.6 Å². The maximum absolute atomic E-state index is 13.3. The van der Waals surface area contributed by atoms with Crippen LogP contribution in [0.4, 0.5) is 10.4 Å². The average molecular weight is 288 g/mol. The maximum Gasteiger partial charge on any atom is 0.301 e. The Morgan fingerprint density at radius 3 is 3.00 bits per heavy atom. The smallest absolute Gasteiger partial charge is 0.301 e. The number of oxazole rings is 1. The Kier molecular flexibility index (Phi) is 4.69. The van der Waals surface area contributed by atoms with Gasteiger partial charge >= 0.3 is 6.01 Å². The van der Waals surface area contributed by atoms with Crippen LogP contribution in [0.25, 0.3) is 0 Å². The first-order valence-corrected chi connectivity index (χ1v) is 6.23. The molecule has 0 bridgehead atoms. The molecule has 1 aromatic heterocycles. The number of aryl methyl sites for hydroxylation is 1. The van der Waals surface area contributed by atoms with E-state index in [0.29, 0.717) is 11.3 Å². The lowest BCUT2D eigenvalue weighted by Crippen LogP contribution is -2.14. The number of hydrogen-bond donors (Lipinski definition) is 2. The summed E-state index contributed by atoms with van der Waals surface area (Å²) in [6.07, 6.45) is 1.67. The molecule has 0 spiro atoms. The average Bonchev–Trinajstić information content (AvgIpc) is 2.86. The fourth-order valence-corrected chi connectivity index (χ4v) is 1.60. The third-order valence-corrected chi connectivity index (χ3v) is 2.53. The fourth-order valence-electron chi connectivity index (χ4n) is 1.60. The normalized spacial score (nSPS) is 9.86. The van der Waals surface area contributed by atoms with Gasteiger partial charge in [0.05, 0.1) is 17.9 Å². The Balaban J connectivity index is 2.26. The van der Waals surface area contributed by atoms with Crippen LogP contribution in [0, 0.1) is 24.6 Å². The molecule has 1 amide bonds. The lowest BCUT2D eigenvalue weighted by atomic mass is 10.1. The molecule has 6 heteroatoms. The SMILES string of the molecule is Cc1coc(NC(=O)c2cc(F)ccc2C#CCCO)n1. The van der Waals surface area contributed by atoms with Crippen molar-refractivity contribution in [2.24, 2.45) is 0 Å². The molecular weight excluding hydrogens is 275 g/mol. The number of benzene rings is 1. The summed E-state index contributed by atoms with van der Waals surface area (Å²) in [7, 11) is 0. The Bertz CT molecular complexity index is 713. The third kappa shape index (κ3) is 3.91. The number of halogens is 1. The van der Waals surface area contributed by atoms with Gasteiger partial charge in [0.1, 0.15) is 12.1 Å². The van der Waals surface area contributed by atoms with Gasteiger partial charge in [-0.25, -0.2) is 4.39 Å². The maximum atomic E-state index is 13.3. The lowest BCUT2D eigenvalue weighted by Gasteiger charge is -2.04. The first-order valence-electron chi connectivity index (χ1n) is 6.23. The van der Waals surface area contributed by atoms with Crippen molar-refractivity contribution < 1.29 is 18.7 Å². The van der Waals surface area contributed by atoms with Gasteiger partial charge < -0.3 is 9.52 Å². The number of amides is 1. The number of carbonyl (C=O) groups excluding carboxylic acids is 1. The number of aliphatic hydroxyl groups excluding tert-OH is 1. The minimum atomic E-state index is -0.565. The number of hydrogen-bond acceptors (Lipinski definition) is 4. The highest BCUT2D eigenvalue weighted by molar-refractivity contribution is 6.05. The summed E-state index contributed by atoms with van der Waals surface area (Å²) in [6, 6.07) is 3.76. The molecular formula is C15H13FN2O3. The van der Waals surface area contributed by atoms with Crippen molar-refractivity contribution >= 4 is 11.9 Å². The Labute approximate surface area is 120 Å². The van der Waals surface area contributed by atoms with Crippen molar-refractivity contribution in [1.82, 2.24) is 4.98 Å². The van der Waals surface area contributed by atoms with E-state index in [4.69, 9.17) is 9.52 Å². The Morgan fingerprint density at radius 2 is 2.33 bits per heavy atom. The summed E-state index contributed by atoms with van der Waals surface area (Å²) in [6.45, 7) is 1.64. The fraction of sp³-hybridized carbons (Fsp3) is 0.200. The Morgan fingerprint density at radius 1 is 1.52 bits per heavy atom. The standard InChI is InChI=1S/C15H13FN2O3/c1-10-9-21-15(17-10)18-14(20)13-8-12(16)6-5-11(13)4-2-3-7-19/h5-6,8-9,19H,3,7H2,1H3,(H,17,18,20). The molecule has 1 heterocycles. The van der Waals surface area contributed by atoms with Crippen LogP contribution in [-0.2, 0) is 0 Å². The molecule has 2 aromatic rings. The van der Waals surface area contributed by atoms with Gasteiger partial charge in [-0.3, -0.25) is 10.1 Å². The number of nitrogens with one attached hydrogen (secondary N) is 1. The predicted molar refractivity (Wildman–Crippen MR) is 74.2 cm³/mol. The molecule has 2 rings (SSSR count). The highest BCUT2D eigenvalue weighted by Gasteiger charge is 2.14. The zero-order chi connectivity index (χ0) is 15.2. The van der Waals surface area contributed by atoms with Crippen molar-refractivity contribution in [1.29, 1.82) is 0 Å². The molecule has 2 N–H and O–H groups in total. The first kappa shape index (κ1) is 14.8. The van der Waals surface area contributed by atoms with Crippen molar-refractivity contribution in [2.75, 3.05) is 11.9 Å². The quantitative estimate of drug-likeness (QED) is 0.848. The molecule has 0 unspecified atom stereocenters. The minimum Gasteiger partial charge on any atom is -0.432 e. The molecule has 0 saturated heterocycles. The topological polar surface area (TPSA) is 75.4 Å². The number of carbonyl (C=O) groups is 1. The summed E-state index contributed by atoms with van der Waals surface area (Å²) in [5, 5.41) is 11.1. The highest BCUT2D eigenvalue weighted by Crippen LogP contribution is 2.14. The van der Waals surface area contributed by atoms with E-state index in [9.17, 15) is 9.18 Å². The summed E-state index contributed by atoms with van der Waals surface area (Å²) >= 11 is 0. The first-order chi connectivity index (χ1) is 10.1.